The van der Waals surface area contributed by atoms with Crippen molar-refractivity contribution in [1.82, 2.24) is 14.9 Å². The second-order valence-electron chi connectivity index (χ2n) is 5.61. The first-order chi connectivity index (χ1) is 11.6. The van der Waals surface area contributed by atoms with Gasteiger partial charge in [0.1, 0.15) is 12.3 Å². The van der Waals surface area contributed by atoms with Gasteiger partial charge >= 0.3 is 5.97 Å². The van der Waals surface area contributed by atoms with Gasteiger partial charge in [-0.05, 0) is 19.9 Å². The summed E-state index contributed by atoms with van der Waals surface area (Å²) in [5.74, 6) is 0.371. The number of aromatic nitrogens is 3. The minimum Gasteiger partial charge on any atom is -0.459 e. The standard InChI is InChI=1S/C18H19N3O3/c1-13-10-14(2)21(19-13)9-8-18(22)23-12-16-11-17(24-20-16)15-6-4-3-5-7-15/h3-7,10-11H,8-9,12H2,1-2H3. The molecule has 0 aliphatic carbocycles. The molecule has 24 heavy (non-hydrogen) atoms. The summed E-state index contributed by atoms with van der Waals surface area (Å²) >= 11 is 0. The maximum Gasteiger partial charge on any atom is 0.308 e. The zero-order valence-corrected chi connectivity index (χ0v) is 13.7. The van der Waals surface area contributed by atoms with Gasteiger partial charge in [0.25, 0.3) is 0 Å². The van der Waals surface area contributed by atoms with E-state index < -0.39 is 0 Å². The van der Waals surface area contributed by atoms with Crippen LogP contribution >= 0.6 is 0 Å². The molecule has 0 aliphatic rings. The molecular weight excluding hydrogens is 306 g/mol. The predicted octanol–water partition coefficient (Wildman–Crippen LogP) is 3.29. The number of esters is 1. The van der Waals surface area contributed by atoms with Crippen molar-refractivity contribution in [1.29, 1.82) is 0 Å². The first-order valence-corrected chi connectivity index (χ1v) is 7.79. The Morgan fingerprint density at radius 3 is 2.71 bits per heavy atom. The van der Waals surface area contributed by atoms with Gasteiger partial charge in [-0.3, -0.25) is 9.48 Å². The molecule has 0 saturated heterocycles. The first kappa shape index (κ1) is 16.0. The van der Waals surface area contributed by atoms with E-state index in [9.17, 15) is 4.79 Å². The van der Waals surface area contributed by atoms with Crippen LogP contribution in [0.25, 0.3) is 11.3 Å². The minimum atomic E-state index is -0.285. The molecule has 0 radical (unpaired) electrons. The quantitative estimate of drug-likeness (QED) is 0.650. The van der Waals surface area contributed by atoms with Crippen molar-refractivity contribution < 1.29 is 14.1 Å². The summed E-state index contributed by atoms with van der Waals surface area (Å²) in [6.45, 7) is 4.50. The van der Waals surface area contributed by atoms with Gasteiger partial charge < -0.3 is 9.26 Å². The Balaban J connectivity index is 1.50. The number of aryl methyl sites for hydroxylation is 3. The molecule has 0 unspecified atom stereocenters. The van der Waals surface area contributed by atoms with Gasteiger partial charge in [-0.25, -0.2) is 0 Å². The molecule has 2 aromatic heterocycles. The Hall–Kier alpha value is -2.89. The molecule has 0 aliphatic heterocycles. The summed E-state index contributed by atoms with van der Waals surface area (Å²) in [7, 11) is 0. The van der Waals surface area contributed by atoms with Gasteiger partial charge in [0.15, 0.2) is 5.76 Å². The number of hydrogen-bond acceptors (Lipinski definition) is 5. The Labute approximate surface area is 140 Å². The maximum atomic E-state index is 11.9. The Morgan fingerprint density at radius 2 is 2.00 bits per heavy atom. The van der Waals surface area contributed by atoms with Crippen LogP contribution < -0.4 is 0 Å². The average molecular weight is 325 g/mol. The van der Waals surface area contributed by atoms with Crippen LogP contribution in [0, 0.1) is 13.8 Å². The summed E-state index contributed by atoms with van der Waals surface area (Å²) in [5.41, 5.74) is 3.50. The zero-order chi connectivity index (χ0) is 16.9. The molecule has 1 aromatic carbocycles. The van der Waals surface area contributed by atoms with Gasteiger partial charge in [-0.1, -0.05) is 35.5 Å². The lowest BCUT2D eigenvalue weighted by Gasteiger charge is -2.04. The van der Waals surface area contributed by atoms with Crippen LogP contribution in [0.2, 0.25) is 0 Å². The predicted molar refractivity (Wildman–Crippen MR) is 88.1 cm³/mol. The van der Waals surface area contributed by atoms with E-state index in [1.807, 2.05) is 50.2 Å². The van der Waals surface area contributed by atoms with E-state index in [4.69, 9.17) is 9.26 Å². The Kier molecular flexibility index (Phi) is 4.74. The fourth-order valence-corrected chi connectivity index (χ4v) is 2.44. The van der Waals surface area contributed by atoms with E-state index in [1.54, 1.807) is 10.7 Å². The van der Waals surface area contributed by atoms with Crippen molar-refractivity contribution in [2.45, 2.75) is 33.4 Å². The third-order valence-corrected chi connectivity index (χ3v) is 3.63. The topological polar surface area (TPSA) is 70.2 Å². The van der Waals surface area contributed by atoms with Crippen LogP contribution in [0.5, 0.6) is 0 Å². The van der Waals surface area contributed by atoms with Crippen LogP contribution in [0.3, 0.4) is 0 Å². The molecule has 0 atom stereocenters. The van der Waals surface area contributed by atoms with Crippen molar-refractivity contribution >= 4 is 5.97 Å². The molecule has 3 aromatic rings. The number of carbonyl (C=O) groups excluding carboxylic acids is 1. The fourth-order valence-electron chi connectivity index (χ4n) is 2.44. The molecular formula is C18H19N3O3. The molecule has 2 heterocycles. The second kappa shape index (κ2) is 7.12. The zero-order valence-electron chi connectivity index (χ0n) is 13.7. The lowest BCUT2D eigenvalue weighted by Crippen LogP contribution is -2.11. The number of benzene rings is 1. The third kappa shape index (κ3) is 3.90. The number of hydrogen-bond donors (Lipinski definition) is 0. The highest BCUT2D eigenvalue weighted by Gasteiger charge is 2.10. The second-order valence-corrected chi connectivity index (χ2v) is 5.61. The smallest absolute Gasteiger partial charge is 0.308 e. The summed E-state index contributed by atoms with van der Waals surface area (Å²) in [6, 6.07) is 13.4. The highest BCUT2D eigenvalue weighted by Crippen LogP contribution is 2.20. The summed E-state index contributed by atoms with van der Waals surface area (Å²) < 4.78 is 12.3. The lowest BCUT2D eigenvalue weighted by molar-refractivity contribution is -0.145. The lowest BCUT2D eigenvalue weighted by atomic mass is 10.2. The Bertz CT molecular complexity index is 821. The van der Waals surface area contributed by atoms with E-state index in [2.05, 4.69) is 10.3 Å². The molecule has 6 heteroatoms. The monoisotopic (exact) mass is 325 g/mol. The van der Waals surface area contributed by atoms with Crippen molar-refractivity contribution in [2.24, 2.45) is 0 Å². The SMILES string of the molecule is Cc1cc(C)n(CCC(=O)OCc2cc(-c3ccccc3)on2)n1. The highest BCUT2D eigenvalue weighted by atomic mass is 16.5. The summed E-state index contributed by atoms with van der Waals surface area (Å²) in [6.07, 6.45) is 0.269. The molecule has 124 valence electrons. The third-order valence-electron chi connectivity index (χ3n) is 3.63. The molecule has 6 nitrogen and oxygen atoms in total. The Morgan fingerprint density at radius 1 is 1.21 bits per heavy atom. The molecule has 0 N–H and O–H groups in total. The average Bonchev–Trinajstić information content (AvgIpc) is 3.18. The van der Waals surface area contributed by atoms with Gasteiger partial charge in [-0.15, -0.1) is 0 Å². The number of rotatable bonds is 6. The van der Waals surface area contributed by atoms with E-state index in [0.29, 0.717) is 18.0 Å². The van der Waals surface area contributed by atoms with Crippen LogP contribution in [0.4, 0.5) is 0 Å². The summed E-state index contributed by atoms with van der Waals surface area (Å²) in [4.78, 5) is 11.9. The normalized spacial score (nSPS) is 10.8. The molecule has 0 spiro atoms. The maximum absolute atomic E-state index is 11.9. The van der Waals surface area contributed by atoms with Crippen LogP contribution in [0.1, 0.15) is 23.5 Å². The molecule has 0 saturated carbocycles. The molecule has 0 amide bonds. The molecule has 0 fully saturated rings. The van der Waals surface area contributed by atoms with Gasteiger partial charge in [0, 0.05) is 17.3 Å². The molecule has 3 rings (SSSR count). The van der Waals surface area contributed by atoms with Gasteiger partial charge in [-0.2, -0.15) is 5.10 Å². The fraction of sp³-hybridized carbons (Fsp3) is 0.278. The van der Waals surface area contributed by atoms with Crippen molar-refractivity contribution in [3.63, 3.8) is 0 Å². The van der Waals surface area contributed by atoms with Crippen molar-refractivity contribution in [3.05, 3.63) is 59.5 Å². The first-order valence-electron chi connectivity index (χ1n) is 7.79. The van der Waals surface area contributed by atoms with Crippen LogP contribution in [-0.4, -0.2) is 20.9 Å². The van der Waals surface area contributed by atoms with Crippen LogP contribution in [0.15, 0.2) is 47.0 Å². The van der Waals surface area contributed by atoms with E-state index in [0.717, 1.165) is 17.0 Å². The largest absolute Gasteiger partial charge is 0.459 e. The van der Waals surface area contributed by atoms with Crippen LogP contribution in [-0.2, 0) is 22.7 Å². The van der Waals surface area contributed by atoms with Crippen molar-refractivity contribution in [2.75, 3.05) is 0 Å². The van der Waals surface area contributed by atoms with Gasteiger partial charge in [0.2, 0.25) is 0 Å². The number of carbonyl (C=O) groups is 1. The molecule has 0 bridgehead atoms. The van der Waals surface area contributed by atoms with E-state index in [1.165, 1.54) is 0 Å². The van der Waals surface area contributed by atoms with Gasteiger partial charge in [0.05, 0.1) is 18.7 Å². The number of nitrogens with zero attached hydrogens (tertiary/aromatic N) is 3. The van der Waals surface area contributed by atoms with E-state index in [-0.39, 0.29) is 19.0 Å². The highest BCUT2D eigenvalue weighted by molar-refractivity contribution is 5.69. The number of ether oxygens (including phenoxy) is 1. The minimum absolute atomic E-state index is 0.103. The van der Waals surface area contributed by atoms with E-state index >= 15 is 0 Å². The van der Waals surface area contributed by atoms with Crippen molar-refractivity contribution in [3.8, 4) is 11.3 Å². The summed E-state index contributed by atoms with van der Waals surface area (Å²) in [5, 5.41) is 8.25.